The van der Waals surface area contributed by atoms with Gasteiger partial charge in [0.1, 0.15) is 6.04 Å². The van der Waals surface area contributed by atoms with Crippen LogP contribution in [0.15, 0.2) is 30.3 Å². The molecule has 1 rings (SSSR count). The number of aliphatic carboxylic acids is 1. The van der Waals surface area contributed by atoms with E-state index in [1.54, 1.807) is 6.92 Å². The molecule has 1 unspecified atom stereocenters. The SMILES string of the molecule is CCC(CC)C(=O)N(Cc1ccccc1)C(C)C(=O)O. The lowest BCUT2D eigenvalue weighted by atomic mass is 10.0. The van der Waals surface area contributed by atoms with Crippen LogP contribution in [0, 0.1) is 5.92 Å². The normalized spacial score (nSPS) is 12.2. The maximum Gasteiger partial charge on any atom is 0.326 e. The number of benzene rings is 1. The summed E-state index contributed by atoms with van der Waals surface area (Å²) >= 11 is 0. The standard InChI is InChI=1S/C16H23NO3/c1-4-14(5-2)15(18)17(12(3)16(19)20)11-13-9-7-6-8-10-13/h6-10,12,14H,4-5,11H2,1-3H3,(H,19,20). The van der Waals surface area contributed by atoms with E-state index >= 15 is 0 Å². The highest BCUT2D eigenvalue weighted by atomic mass is 16.4. The van der Waals surface area contributed by atoms with Crippen molar-refractivity contribution in [1.82, 2.24) is 4.90 Å². The molecule has 0 aliphatic heterocycles. The summed E-state index contributed by atoms with van der Waals surface area (Å²) < 4.78 is 0. The van der Waals surface area contributed by atoms with Gasteiger partial charge in [-0.05, 0) is 25.3 Å². The molecule has 0 bridgehead atoms. The van der Waals surface area contributed by atoms with Gasteiger partial charge in [-0.2, -0.15) is 0 Å². The Kier molecular flexibility index (Phi) is 6.22. The van der Waals surface area contributed by atoms with Gasteiger partial charge in [0.2, 0.25) is 5.91 Å². The van der Waals surface area contributed by atoms with Crippen LogP contribution in [0.1, 0.15) is 39.2 Å². The van der Waals surface area contributed by atoms with Gasteiger partial charge < -0.3 is 10.0 Å². The number of hydrogen-bond acceptors (Lipinski definition) is 2. The van der Waals surface area contributed by atoms with Crippen LogP contribution in [-0.4, -0.2) is 27.9 Å². The lowest BCUT2D eigenvalue weighted by molar-refractivity contribution is -0.152. The minimum absolute atomic E-state index is 0.0752. The number of carbonyl (C=O) groups excluding carboxylic acids is 1. The molecule has 0 aromatic heterocycles. The number of carboxylic acid groups (broad SMARTS) is 1. The third-order valence-electron chi connectivity index (χ3n) is 3.64. The summed E-state index contributed by atoms with van der Waals surface area (Å²) in [7, 11) is 0. The van der Waals surface area contributed by atoms with Gasteiger partial charge in [0, 0.05) is 12.5 Å². The summed E-state index contributed by atoms with van der Waals surface area (Å²) in [4.78, 5) is 25.2. The zero-order valence-electron chi connectivity index (χ0n) is 12.4. The summed E-state index contributed by atoms with van der Waals surface area (Å²) in [6, 6.07) is 8.67. The molecular formula is C16H23NO3. The maximum absolute atomic E-state index is 12.5. The first kappa shape index (κ1) is 16.2. The topological polar surface area (TPSA) is 57.6 Å². The van der Waals surface area contributed by atoms with Crippen LogP contribution < -0.4 is 0 Å². The third-order valence-corrected chi connectivity index (χ3v) is 3.64. The Labute approximate surface area is 120 Å². The number of hydrogen-bond donors (Lipinski definition) is 1. The monoisotopic (exact) mass is 277 g/mol. The minimum atomic E-state index is -0.972. The van der Waals surface area contributed by atoms with Crippen molar-refractivity contribution in [3.63, 3.8) is 0 Å². The Morgan fingerprint density at radius 2 is 1.70 bits per heavy atom. The average molecular weight is 277 g/mol. The molecule has 0 fully saturated rings. The molecule has 1 atom stereocenters. The van der Waals surface area contributed by atoms with Crippen molar-refractivity contribution in [2.75, 3.05) is 0 Å². The fraction of sp³-hybridized carbons (Fsp3) is 0.500. The van der Waals surface area contributed by atoms with E-state index in [9.17, 15) is 14.7 Å². The molecule has 20 heavy (non-hydrogen) atoms. The van der Waals surface area contributed by atoms with Gasteiger partial charge in [-0.1, -0.05) is 44.2 Å². The van der Waals surface area contributed by atoms with Gasteiger partial charge in [-0.3, -0.25) is 4.79 Å². The van der Waals surface area contributed by atoms with Gasteiger partial charge in [-0.25, -0.2) is 4.79 Å². The third kappa shape index (κ3) is 4.08. The predicted molar refractivity (Wildman–Crippen MR) is 78.2 cm³/mol. The molecule has 0 radical (unpaired) electrons. The molecule has 0 spiro atoms. The maximum atomic E-state index is 12.5. The highest BCUT2D eigenvalue weighted by Gasteiger charge is 2.29. The number of carbonyl (C=O) groups is 2. The Hall–Kier alpha value is -1.84. The Balaban J connectivity index is 2.96. The Bertz CT molecular complexity index is 440. The quantitative estimate of drug-likeness (QED) is 0.833. The summed E-state index contributed by atoms with van der Waals surface area (Å²) in [5.41, 5.74) is 0.944. The van der Waals surface area contributed by atoms with Crippen molar-refractivity contribution in [2.45, 2.75) is 46.2 Å². The first-order chi connectivity index (χ1) is 9.51. The van der Waals surface area contributed by atoms with E-state index in [-0.39, 0.29) is 11.8 Å². The molecular weight excluding hydrogens is 254 g/mol. The van der Waals surface area contributed by atoms with E-state index in [1.807, 2.05) is 44.2 Å². The number of nitrogens with zero attached hydrogens (tertiary/aromatic N) is 1. The first-order valence-electron chi connectivity index (χ1n) is 7.08. The fourth-order valence-electron chi connectivity index (χ4n) is 2.19. The van der Waals surface area contributed by atoms with Crippen LogP contribution in [0.5, 0.6) is 0 Å². The molecule has 1 N–H and O–H groups in total. The lowest BCUT2D eigenvalue weighted by Crippen LogP contribution is -2.45. The van der Waals surface area contributed by atoms with Gasteiger partial charge in [0.25, 0.3) is 0 Å². The van der Waals surface area contributed by atoms with Crippen LogP contribution in [0.25, 0.3) is 0 Å². The van der Waals surface area contributed by atoms with Crippen molar-refractivity contribution in [3.05, 3.63) is 35.9 Å². The molecule has 4 nitrogen and oxygen atoms in total. The molecule has 4 heteroatoms. The van der Waals surface area contributed by atoms with Crippen molar-refractivity contribution in [2.24, 2.45) is 5.92 Å². The molecule has 0 heterocycles. The minimum Gasteiger partial charge on any atom is -0.480 e. The molecule has 1 aromatic rings. The Morgan fingerprint density at radius 1 is 1.15 bits per heavy atom. The zero-order chi connectivity index (χ0) is 15.1. The molecule has 0 aliphatic carbocycles. The van der Waals surface area contributed by atoms with Crippen molar-refractivity contribution in [3.8, 4) is 0 Å². The van der Waals surface area contributed by atoms with Crippen LogP contribution in [0.4, 0.5) is 0 Å². The summed E-state index contributed by atoms with van der Waals surface area (Å²) in [5, 5.41) is 9.21. The molecule has 0 saturated carbocycles. The lowest BCUT2D eigenvalue weighted by Gasteiger charge is -2.30. The number of carboxylic acids is 1. The fourth-order valence-corrected chi connectivity index (χ4v) is 2.19. The largest absolute Gasteiger partial charge is 0.480 e. The van der Waals surface area contributed by atoms with E-state index in [0.29, 0.717) is 6.54 Å². The van der Waals surface area contributed by atoms with E-state index in [2.05, 4.69) is 0 Å². The zero-order valence-corrected chi connectivity index (χ0v) is 12.4. The highest BCUT2D eigenvalue weighted by molar-refractivity contribution is 5.84. The van der Waals surface area contributed by atoms with Crippen LogP contribution in [0.3, 0.4) is 0 Å². The van der Waals surface area contributed by atoms with E-state index in [1.165, 1.54) is 4.90 Å². The van der Waals surface area contributed by atoms with Gasteiger partial charge in [0.15, 0.2) is 0 Å². The summed E-state index contributed by atoms with van der Waals surface area (Å²) in [5.74, 6) is -1.16. The van der Waals surface area contributed by atoms with E-state index < -0.39 is 12.0 Å². The van der Waals surface area contributed by atoms with Gasteiger partial charge in [-0.15, -0.1) is 0 Å². The van der Waals surface area contributed by atoms with Gasteiger partial charge >= 0.3 is 5.97 Å². The van der Waals surface area contributed by atoms with Crippen LogP contribution in [0.2, 0.25) is 0 Å². The molecule has 110 valence electrons. The highest BCUT2D eigenvalue weighted by Crippen LogP contribution is 2.17. The van der Waals surface area contributed by atoms with Crippen molar-refractivity contribution < 1.29 is 14.7 Å². The second-order valence-corrected chi connectivity index (χ2v) is 4.98. The molecule has 1 amide bonds. The average Bonchev–Trinajstić information content (AvgIpc) is 2.46. The smallest absolute Gasteiger partial charge is 0.326 e. The second kappa shape index (κ2) is 7.68. The number of rotatable bonds is 7. The van der Waals surface area contributed by atoms with Crippen LogP contribution in [-0.2, 0) is 16.1 Å². The van der Waals surface area contributed by atoms with Crippen molar-refractivity contribution >= 4 is 11.9 Å². The second-order valence-electron chi connectivity index (χ2n) is 4.98. The Morgan fingerprint density at radius 3 is 2.15 bits per heavy atom. The van der Waals surface area contributed by atoms with Gasteiger partial charge in [0.05, 0.1) is 0 Å². The summed E-state index contributed by atoms with van der Waals surface area (Å²) in [6.07, 6.45) is 1.46. The predicted octanol–water partition coefficient (Wildman–Crippen LogP) is 2.92. The van der Waals surface area contributed by atoms with Crippen molar-refractivity contribution in [1.29, 1.82) is 0 Å². The number of amides is 1. The first-order valence-corrected chi connectivity index (χ1v) is 7.08. The van der Waals surface area contributed by atoms with E-state index in [0.717, 1.165) is 18.4 Å². The molecule has 0 saturated heterocycles. The summed E-state index contributed by atoms with van der Waals surface area (Å²) in [6.45, 7) is 5.81. The van der Waals surface area contributed by atoms with Crippen LogP contribution >= 0.6 is 0 Å². The van der Waals surface area contributed by atoms with E-state index in [4.69, 9.17) is 0 Å². The molecule has 1 aromatic carbocycles. The molecule has 0 aliphatic rings.